The molecule has 1 saturated heterocycles. The maximum atomic E-state index is 12.9. The standard InChI is InChI=1S/C21H27N3O2/c1-16-6-3-8-18(12-16)14-24-11-5-10-21(26,20(24)25)15-22-13-19-9-4-7-17(2)23-19/h3-4,6-9,12,22,26H,5,10-11,13-15H2,1-2H3/t21-/m1/s1. The molecule has 1 aliphatic heterocycles. The summed E-state index contributed by atoms with van der Waals surface area (Å²) in [4.78, 5) is 19.1. The Morgan fingerprint density at radius 2 is 2.04 bits per heavy atom. The molecule has 0 unspecified atom stereocenters. The predicted octanol–water partition coefficient (Wildman–Crippen LogP) is 2.34. The fourth-order valence-corrected chi connectivity index (χ4v) is 3.51. The molecule has 0 radical (unpaired) electrons. The van der Waals surface area contributed by atoms with Crippen LogP contribution in [-0.2, 0) is 17.9 Å². The van der Waals surface area contributed by atoms with Crippen molar-refractivity contribution in [1.29, 1.82) is 0 Å². The van der Waals surface area contributed by atoms with Gasteiger partial charge in [0.15, 0.2) is 5.60 Å². The Labute approximate surface area is 155 Å². The molecule has 5 heteroatoms. The fraction of sp³-hybridized carbons (Fsp3) is 0.429. The number of carbonyl (C=O) groups is 1. The summed E-state index contributed by atoms with van der Waals surface area (Å²) in [7, 11) is 0. The number of likely N-dealkylation sites (tertiary alicyclic amines) is 1. The Bertz CT molecular complexity index is 777. The second-order valence-electron chi connectivity index (χ2n) is 7.22. The highest BCUT2D eigenvalue weighted by atomic mass is 16.3. The summed E-state index contributed by atoms with van der Waals surface area (Å²) in [5.41, 5.74) is 2.80. The zero-order valence-corrected chi connectivity index (χ0v) is 15.5. The van der Waals surface area contributed by atoms with E-state index in [2.05, 4.69) is 16.4 Å². The van der Waals surface area contributed by atoms with Gasteiger partial charge in [-0.25, -0.2) is 0 Å². The molecular formula is C21H27N3O2. The number of aliphatic hydroxyl groups is 1. The normalized spacial score (nSPS) is 20.4. The Kier molecular flexibility index (Phi) is 5.69. The van der Waals surface area contributed by atoms with Gasteiger partial charge in [-0.2, -0.15) is 0 Å². The summed E-state index contributed by atoms with van der Waals surface area (Å²) >= 11 is 0. The third-order valence-electron chi connectivity index (χ3n) is 4.83. The van der Waals surface area contributed by atoms with Gasteiger partial charge in [0.1, 0.15) is 0 Å². The summed E-state index contributed by atoms with van der Waals surface area (Å²) in [6, 6.07) is 14.0. The number of rotatable bonds is 6. The number of pyridine rings is 1. The van der Waals surface area contributed by atoms with Crippen LogP contribution < -0.4 is 5.32 Å². The molecule has 138 valence electrons. The van der Waals surface area contributed by atoms with Crippen molar-refractivity contribution in [3.8, 4) is 0 Å². The van der Waals surface area contributed by atoms with Crippen LogP contribution in [0.3, 0.4) is 0 Å². The van der Waals surface area contributed by atoms with Crippen molar-refractivity contribution < 1.29 is 9.90 Å². The van der Waals surface area contributed by atoms with Crippen molar-refractivity contribution >= 4 is 5.91 Å². The van der Waals surface area contributed by atoms with Crippen molar-refractivity contribution in [3.63, 3.8) is 0 Å². The van der Waals surface area contributed by atoms with Crippen LogP contribution in [0.2, 0.25) is 0 Å². The number of aromatic nitrogens is 1. The number of aryl methyl sites for hydroxylation is 2. The average Bonchev–Trinajstić information content (AvgIpc) is 2.59. The van der Waals surface area contributed by atoms with Crippen LogP contribution in [-0.4, -0.2) is 39.6 Å². The minimum absolute atomic E-state index is 0.185. The highest BCUT2D eigenvalue weighted by molar-refractivity contribution is 5.86. The molecule has 2 aromatic rings. The number of nitrogens with zero attached hydrogens (tertiary/aromatic N) is 2. The molecule has 2 heterocycles. The maximum absolute atomic E-state index is 12.9. The maximum Gasteiger partial charge on any atom is 0.256 e. The third kappa shape index (κ3) is 4.48. The van der Waals surface area contributed by atoms with Crippen molar-refractivity contribution in [2.45, 2.75) is 45.4 Å². The molecule has 1 fully saturated rings. The first kappa shape index (κ1) is 18.5. The van der Waals surface area contributed by atoms with Crippen LogP contribution >= 0.6 is 0 Å². The topological polar surface area (TPSA) is 65.5 Å². The molecule has 1 aromatic carbocycles. The highest BCUT2D eigenvalue weighted by Gasteiger charge is 2.41. The molecule has 1 aromatic heterocycles. The monoisotopic (exact) mass is 353 g/mol. The second kappa shape index (κ2) is 7.98. The zero-order valence-electron chi connectivity index (χ0n) is 15.5. The van der Waals surface area contributed by atoms with E-state index in [0.29, 0.717) is 26.1 Å². The largest absolute Gasteiger partial charge is 0.379 e. The lowest BCUT2D eigenvalue weighted by Crippen LogP contribution is -2.57. The third-order valence-corrected chi connectivity index (χ3v) is 4.83. The molecule has 3 rings (SSSR count). The first-order valence-electron chi connectivity index (χ1n) is 9.17. The van der Waals surface area contributed by atoms with Gasteiger partial charge in [0.25, 0.3) is 5.91 Å². The molecule has 1 atom stereocenters. The summed E-state index contributed by atoms with van der Waals surface area (Å²) in [6.45, 7) is 6.00. The number of hydrogen-bond acceptors (Lipinski definition) is 4. The van der Waals surface area contributed by atoms with E-state index in [4.69, 9.17) is 0 Å². The predicted molar refractivity (Wildman–Crippen MR) is 101 cm³/mol. The number of amides is 1. The summed E-state index contributed by atoms with van der Waals surface area (Å²) in [5.74, 6) is -0.185. The van der Waals surface area contributed by atoms with Crippen LogP contribution in [0.5, 0.6) is 0 Å². The van der Waals surface area contributed by atoms with Gasteiger partial charge in [0, 0.05) is 31.9 Å². The van der Waals surface area contributed by atoms with Gasteiger partial charge in [-0.05, 0) is 44.4 Å². The van der Waals surface area contributed by atoms with Gasteiger partial charge in [-0.1, -0.05) is 35.9 Å². The van der Waals surface area contributed by atoms with E-state index in [1.807, 2.05) is 50.2 Å². The minimum atomic E-state index is -1.34. The summed E-state index contributed by atoms with van der Waals surface area (Å²) in [5, 5.41) is 14.1. The summed E-state index contributed by atoms with van der Waals surface area (Å²) in [6.07, 6.45) is 1.29. The van der Waals surface area contributed by atoms with Crippen LogP contribution in [0.1, 0.15) is 35.4 Å². The Balaban J connectivity index is 1.60. The van der Waals surface area contributed by atoms with Crippen LogP contribution in [0.4, 0.5) is 0 Å². The number of piperidine rings is 1. The first-order valence-corrected chi connectivity index (χ1v) is 9.17. The lowest BCUT2D eigenvalue weighted by atomic mass is 9.91. The van der Waals surface area contributed by atoms with Crippen LogP contribution in [0.15, 0.2) is 42.5 Å². The van der Waals surface area contributed by atoms with E-state index in [9.17, 15) is 9.90 Å². The van der Waals surface area contributed by atoms with Crippen molar-refractivity contribution in [2.75, 3.05) is 13.1 Å². The van der Waals surface area contributed by atoms with E-state index in [-0.39, 0.29) is 12.5 Å². The van der Waals surface area contributed by atoms with Crippen molar-refractivity contribution in [1.82, 2.24) is 15.2 Å². The molecule has 5 nitrogen and oxygen atoms in total. The second-order valence-corrected chi connectivity index (χ2v) is 7.22. The van der Waals surface area contributed by atoms with Gasteiger partial charge in [-0.3, -0.25) is 9.78 Å². The van der Waals surface area contributed by atoms with Crippen molar-refractivity contribution in [3.05, 3.63) is 65.0 Å². The van der Waals surface area contributed by atoms with Crippen LogP contribution in [0, 0.1) is 13.8 Å². The zero-order chi connectivity index (χ0) is 18.6. The molecule has 26 heavy (non-hydrogen) atoms. The molecule has 1 amide bonds. The number of benzene rings is 1. The quantitative estimate of drug-likeness (QED) is 0.837. The van der Waals surface area contributed by atoms with Gasteiger partial charge in [0.2, 0.25) is 0 Å². The van der Waals surface area contributed by atoms with Crippen molar-refractivity contribution in [2.24, 2.45) is 0 Å². The Morgan fingerprint density at radius 1 is 1.23 bits per heavy atom. The van der Waals surface area contributed by atoms with E-state index in [1.165, 1.54) is 5.56 Å². The molecule has 0 aliphatic carbocycles. The van der Waals surface area contributed by atoms with Gasteiger partial charge in [-0.15, -0.1) is 0 Å². The smallest absolute Gasteiger partial charge is 0.256 e. The van der Waals surface area contributed by atoms with E-state index in [0.717, 1.165) is 23.4 Å². The molecule has 1 aliphatic rings. The SMILES string of the molecule is Cc1cccc(CN2CCC[C@@](O)(CNCc3cccc(C)n3)C2=O)c1. The molecule has 0 bridgehead atoms. The highest BCUT2D eigenvalue weighted by Crippen LogP contribution is 2.24. The van der Waals surface area contributed by atoms with E-state index >= 15 is 0 Å². The average molecular weight is 353 g/mol. The lowest BCUT2D eigenvalue weighted by molar-refractivity contribution is -0.157. The van der Waals surface area contributed by atoms with Gasteiger partial charge >= 0.3 is 0 Å². The van der Waals surface area contributed by atoms with E-state index in [1.54, 1.807) is 4.90 Å². The van der Waals surface area contributed by atoms with E-state index < -0.39 is 5.60 Å². The first-order chi connectivity index (χ1) is 12.5. The molecule has 2 N–H and O–H groups in total. The Morgan fingerprint density at radius 3 is 2.81 bits per heavy atom. The molecule has 0 spiro atoms. The Hall–Kier alpha value is -2.24. The minimum Gasteiger partial charge on any atom is -0.379 e. The fourth-order valence-electron chi connectivity index (χ4n) is 3.51. The molecule has 0 saturated carbocycles. The van der Waals surface area contributed by atoms with Crippen LogP contribution in [0.25, 0.3) is 0 Å². The summed E-state index contributed by atoms with van der Waals surface area (Å²) < 4.78 is 0. The number of carbonyl (C=O) groups excluding carboxylic acids is 1. The van der Waals surface area contributed by atoms with Gasteiger partial charge < -0.3 is 15.3 Å². The number of nitrogens with one attached hydrogen (secondary N) is 1. The number of hydrogen-bond donors (Lipinski definition) is 2. The molecular weight excluding hydrogens is 326 g/mol. The lowest BCUT2D eigenvalue weighted by Gasteiger charge is -2.38. The van der Waals surface area contributed by atoms with Gasteiger partial charge in [0.05, 0.1) is 5.69 Å².